The zero-order chi connectivity index (χ0) is 20.1. The van der Waals surface area contributed by atoms with Gasteiger partial charge in [0.05, 0.1) is 5.56 Å². The van der Waals surface area contributed by atoms with E-state index in [2.05, 4.69) is 42.8 Å². The summed E-state index contributed by atoms with van der Waals surface area (Å²) < 4.78 is 0. The molecule has 2 aromatic rings. The third-order valence-corrected chi connectivity index (χ3v) is 5.74. The second-order valence-electron chi connectivity index (χ2n) is 7.78. The summed E-state index contributed by atoms with van der Waals surface area (Å²) in [5.74, 6) is 1.24. The topological polar surface area (TPSA) is 56.7 Å². The molecule has 0 unspecified atom stereocenters. The van der Waals surface area contributed by atoms with E-state index >= 15 is 0 Å². The molecule has 5 heteroatoms. The van der Waals surface area contributed by atoms with Crippen molar-refractivity contribution in [3.63, 3.8) is 0 Å². The number of nitrogens with zero attached hydrogens (tertiary/aromatic N) is 3. The predicted octanol–water partition coefficient (Wildman–Crippen LogP) is 3.55. The van der Waals surface area contributed by atoms with Crippen molar-refractivity contribution in [3.05, 3.63) is 59.8 Å². The van der Waals surface area contributed by atoms with Crippen LogP contribution in [0.5, 0.6) is 0 Å². The van der Waals surface area contributed by atoms with Crippen LogP contribution >= 0.6 is 0 Å². The first-order valence-corrected chi connectivity index (χ1v) is 10.2. The lowest BCUT2D eigenvalue weighted by Crippen LogP contribution is -2.44. The summed E-state index contributed by atoms with van der Waals surface area (Å²) >= 11 is 0. The van der Waals surface area contributed by atoms with Crippen molar-refractivity contribution in [1.82, 2.24) is 9.88 Å². The van der Waals surface area contributed by atoms with E-state index in [9.17, 15) is 9.90 Å². The summed E-state index contributed by atoms with van der Waals surface area (Å²) in [5, 5.41) is 9.91. The molecule has 0 spiro atoms. The molecule has 0 bridgehead atoms. The van der Waals surface area contributed by atoms with E-state index in [-0.39, 0.29) is 18.4 Å². The Kier molecular flexibility index (Phi) is 6.68. The maximum absolute atomic E-state index is 13.0. The lowest BCUT2D eigenvalue weighted by Gasteiger charge is -2.38. The van der Waals surface area contributed by atoms with Gasteiger partial charge in [0, 0.05) is 44.4 Å². The molecule has 1 aliphatic heterocycles. The van der Waals surface area contributed by atoms with Gasteiger partial charge in [-0.1, -0.05) is 30.3 Å². The van der Waals surface area contributed by atoms with Crippen LogP contribution in [0.4, 0.5) is 5.82 Å². The fourth-order valence-corrected chi connectivity index (χ4v) is 4.20. The van der Waals surface area contributed by atoms with E-state index in [4.69, 9.17) is 0 Å². The number of hydrogen-bond donors (Lipinski definition) is 1. The Morgan fingerprint density at radius 1 is 1.25 bits per heavy atom. The first-order valence-electron chi connectivity index (χ1n) is 10.2. The predicted molar refractivity (Wildman–Crippen MR) is 113 cm³/mol. The van der Waals surface area contributed by atoms with Crippen LogP contribution in [0.2, 0.25) is 0 Å². The number of aliphatic hydroxyl groups excluding tert-OH is 1. The summed E-state index contributed by atoms with van der Waals surface area (Å²) in [6.07, 6.45) is 2.55. The van der Waals surface area contributed by atoms with Gasteiger partial charge in [-0.15, -0.1) is 0 Å². The Morgan fingerprint density at radius 3 is 2.57 bits per heavy atom. The third kappa shape index (κ3) is 4.36. The number of carbonyl (C=O) groups excluding carboxylic acids is 1. The molecule has 1 saturated heterocycles. The van der Waals surface area contributed by atoms with Crippen molar-refractivity contribution in [3.8, 4) is 0 Å². The molecular formula is C23H31N3O2. The standard InChI is InChI=1S/C23H31N3O2/c1-4-26(17(2)3)22-11-10-19(14-24-22)23(28)25-13-12-21(20(15-25)16-27)18-8-6-5-7-9-18/h5-11,14,17,20-21,27H,4,12-13,15-16H2,1-3H3/t20-,21+/m1/s1. The molecule has 28 heavy (non-hydrogen) atoms. The Labute approximate surface area is 168 Å². The number of carbonyl (C=O) groups is 1. The summed E-state index contributed by atoms with van der Waals surface area (Å²) in [5.41, 5.74) is 1.85. The molecule has 1 aromatic carbocycles. The highest BCUT2D eigenvalue weighted by Crippen LogP contribution is 2.33. The molecule has 5 nitrogen and oxygen atoms in total. The Morgan fingerprint density at radius 2 is 2.00 bits per heavy atom. The highest BCUT2D eigenvalue weighted by Gasteiger charge is 2.32. The van der Waals surface area contributed by atoms with E-state index in [1.54, 1.807) is 6.20 Å². The van der Waals surface area contributed by atoms with Gasteiger partial charge in [-0.2, -0.15) is 0 Å². The molecule has 1 aliphatic rings. The van der Waals surface area contributed by atoms with Crippen molar-refractivity contribution in [2.24, 2.45) is 5.92 Å². The Bertz CT molecular complexity index is 761. The number of hydrogen-bond acceptors (Lipinski definition) is 4. The van der Waals surface area contributed by atoms with Crippen molar-refractivity contribution in [1.29, 1.82) is 0 Å². The maximum atomic E-state index is 13.0. The number of aliphatic hydroxyl groups is 1. The first kappa shape index (κ1) is 20.3. The zero-order valence-corrected chi connectivity index (χ0v) is 17.1. The van der Waals surface area contributed by atoms with Crippen molar-refractivity contribution < 1.29 is 9.90 Å². The van der Waals surface area contributed by atoms with Crippen LogP contribution in [0.3, 0.4) is 0 Å². The molecule has 0 aliphatic carbocycles. The number of rotatable bonds is 6. The summed E-state index contributed by atoms with van der Waals surface area (Å²) in [7, 11) is 0. The van der Waals surface area contributed by atoms with Crippen LogP contribution in [0.1, 0.15) is 49.0 Å². The quantitative estimate of drug-likeness (QED) is 0.831. The van der Waals surface area contributed by atoms with Crippen LogP contribution in [0.15, 0.2) is 48.7 Å². The van der Waals surface area contributed by atoms with E-state index in [0.717, 1.165) is 18.8 Å². The highest BCUT2D eigenvalue weighted by atomic mass is 16.3. The van der Waals surface area contributed by atoms with E-state index in [1.807, 2.05) is 35.2 Å². The average molecular weight is 382 g/mol. The van der Waals surface area contributed by atoms with Gasteiger partial charge in [0.2, 0.25) is 0 Å². The zero-order valence-electron chi connectivity index (χ0n) is 17.1. The summed E-state index contributed by atoms with van der Waals surface area (Å²) in [4.78, 5) is 21.6. The normalized spacial score (nSPS) is 19.7. The molecule has 0 radical (unpaired) electrons. The van der Waals surface area contributed by atoms with Crippen LogP contribution in [0, 0.1) is 5.92 Å². The monoisotopic (exact) mass is 381 g/mol. The minimum absolute atomic E-state index is 0.00314. The van der Waals surface area contributed by atoms with Crippen LogP contribution in [-0.2, 0) is 0 Å². The second kappa shape index (κ2) is 9.20. The van der Waals surface area contributed by atoms with Gasteiger partial charge in [-0.3, -0.25) is 4.79 Å². The first-order chi connectivity index (χ1) is 13.5. The third-order valence-electron chi connectivity index (χ3n) is 5.74. The van der Waals surface area contributed by atoms with E-state index < -0.39 is 0 Å². The number of pyridine rings is 1. The van der Waals surface area contributed by atoms with Gasteiger partial charge in [0.25, 0.3) is 5.91 Å². The molecular weight excluding hydrogens is 350 g/mol. The van der Waals surface area contributed by atoms with Gasteiger partial charge >= 0.3 is 0 Å². The van der Waals surface area contributed by atoms with E-state index in [0.29, 0.717) is 30.6 Å². The number of benzene rings is 1. The fourth-order valence-electron chi connectivity index (χ4n) is 4.20. The number of amides is 1. The number of aromatic nitrogens is 1. The average Bonchev–Trinajstić information content (AvgIpc) is 2.74. The Hall–Kier alpha value is -2.40. The molecule has 2 atom stereocenters. The van der Waals surface area contributed by atoms with Crippen molar-refractivity contribution in [2.45, 2.75) is 39.2 Å². The van der Waals surface area contributed by atoms with Crippen molar-refractivity contribution in [2.75, 3.05) is 31.1 Å². The SMILES string of the molecule is CCN(c1ccc(C(=O)N2CC[C@@H](c3ccccc3)[C@@H](CO)C2)cn1)C(C)C. The number of anilines is 1. The van der Waals surface area contributed by atoms with Crippen LogP contribution in [0.25, 0.3) is 0 Å². The number of piperidine rings is 1. The molecule has 1 N–H and O–H groups in total. The van der Waals surface area contributed by atoms with Gasteiger partial charge in [0.1, 0.15) is 5.82 Å². The summed E-state index contributed by atoms with van der Waals surface area (Å²) in [6.45, 7) is 8.61. The molecule has 150 valence electrons. The lowest BCUT2D eigenvalue weighted by atomic mass is 9.81. The van der Waals surface area contributed by atoms with Gasteiger partial charge < -0.3 is 14.9 Å². The molecule has 2 heterocycles. The van der Waals surface area contributed by atoms with Gasteiger partial charge in [0.15, 0.2) is 0 Å². The smallest absolute Gasteiger partial charge is 0.255 e. The van der Waals surface area contributed by atoms with Crippen molar-refractivity contribution >= 4 is 11.7 Å². The van der Waals surface area contributed by atoms with Gasteiger partial charge in [-0.05, 0) is 50.8 Å². The Balaban J connectivity index is 1.70. The molecule has 1 aromatic heterocycles. The molecule has 1 fully saturated rings. The van der Waals surface area contributed by atoms with E-state index in [1.165, 1.54) is 5.56 Å². The summed E-state index contributed by atoms with van der Waals surface area (Å²) in [6, 6.07) is 14.5. The molecule has 3 rings (SSSR count). The largest absolute Gasteiger partial charge is 0.396 e. The lowest BCUT2D eigenvalue weighted by molar-refractivity contribution is 0.0577. The highest BCUT2D eigenvalue weighted by molar-refractivity contribution is 5.94. The maximum Gasteiger partial charge on any atom is 0.255 e. The number of likely N-dealkylation sites (tertiary alicyclic amines) is 1. The minimum Gasteiger partial charge on any atom is -0.396 e. The van der Waals surface area contributed by atoms with Crippen LogP contribution in [-0.4, -0.2) is 53.2 Å². The molecule has 1 amide bonds. The minimum atomic E-state index is -0.00314. The van der Waals surface area contributed by atoms with Crippen LogP contribution < -0.4 is 4.90 Å². The van der Waals surface area contributed by atoms with Gasteiger partial charge in [-0.25, -0.2) is 4.98 Å². The second-order valence-corrected chi connectivity index (χ2v) is 7.78. The molecule has 0 saturated carbocycles. The fraction of sp³-hybridized carbons (Fsp3) is 0.478.